The average Bonchev–Trinajstić information content (AvgIpc) is 2.90. The van der Waals surface area contributed by atoms with Gasteiger partial charge in [0.15, 0.2) is 0 Å². The second-order valence-electron chi connectivity index (χ2n) is 4.98. The van der Waals surface area contributed by atoms with Gasteiger partial charge in [0.1, 0.15) is 5.82 Å². The number of morpholine rings is 1. The van der Waals surface area contributed by atoms with Crippen molar-refractivity contribution >= 4 is 15.9 Å². The van der Waals surface area contributed by atoms with Crippen LogP contribution >= 0.6 is 15.9 Å². The predicted octanol–water partition coefficient (Wildman–Crippen LogP) is 1.29. The molecule has 112 valence electrons. The lowest BCUT2D eigenvalue weighted by molar-refractivity contribution is 0.0342. The number of nitrogens with zero attached hydrogens (tertiary/aromatic N) is 3. The van der Waals surface area contributed by atoms with Crippen molar-refractivity contribution in [3.63, 3.8) is 0 Å². The minimum atomic E-state index is -0.217. The maximum Gasteiger partial charge on any atom is 0.348 e. The lowest BCUT2D eigenvalue weighted by atomic mass is 10.2. The van der Waals surface area contributed by atoms with E-state index in [1.54, 1.807) is 0 Å². The van der Waals surface area contributed by atoms with Crippen LogP contribution in [0, 0.1) is 0 Å². The summed E-state index contributed by atoms with van der Waals surface area (Å²) in [5, 5.41) is 4.75. The Bertz CT molecular complexity index is 644. The topological polar surface area (TPSA) is 63.2 Å². The van der Waals surface area contributed by atoms with E-state index < -0.39 is 0 Å². The Morgan fingerprint density at radius 1 is 1.24 bits per heavy atom. The summed E-state index contributed by atoms with van der Waals surface area (Å²) in [6.07, 6.45) is 0. The summed E-state index contributed by atoms with van der Waals surface area (Å²) in [6.45, 7) is 4.45. The zero-order valence-corrected chi connectivity index (χ0v) is 13.2. The number of hydrogen-bond donors (Lipinski definition) is 1. The maximum atomic E-state index is 11.8. The Morgan fingerprint density at radius 2 is 1.95 bits per heavy atom. The van der Waals surface area contributed by atoms with Crippen molar-refractivity contribution in [2.75, 3.05) is 26.3 Å². The van der Waals surface area contributed by atoms with E-state index in [4.69, 9.17) is 4.74 Å². The third kappa shape index (κ3) is 3.42. The highest BCUT2D eigenvalue weighted by atomic mass is 79.9. The number of H-pyrrole nitrogens is 1. The second kappa shape index (κ2) is 6.55. The van der Waals surface area contributed by atoms with Crippen LogP contribution in [-0.2, 0) is 16.6 Å². The molecular weight excluding hydrogens is 336 g/mol. The first kappa shape index (κ1) is 14.5. The van der Waals surface area contributed by atoms with Gasteiger partial charge in [-0.1, -0.05) is 28.1 Å². The van der Waals surface area contributed by atoms with Crippen molar-refractivity contribution < 1.29 is 4.74 Å². The number of alkyl halides is 1. The normalized spacial score (nSPS) is 16.2. The van der Waals surface area contributed by atoms with Gasteiger partial charge in [-0.05, 0) is 17.7 Å². The molecule has 1 saturated heterocycles. The van der Waals surface area contributed by atoms with Gasteiger partial charge in [0, 0.05) is 19.6 Å². The van der Waals surface area contributed by atoms with Crippen LogP contribution in [-0.4, -0.2) is 46.0 Å². The van der Waals surface area contributed by atoms with Gasteiger partial charge < -0.3 is 4.74 Å². The highest BCUT2D eigenvalue weighted by molar-refractivity contribution is 9.08. The van der Waals surface area contributed by atoms with Crippen LogP contribution in [0.25, 0.3) is 5.69 Å². The van der Waals surface area contributed by atoms with Crippen LogP contribution < -0.4 is 5.69 Å². The summed E-state index contributed by atoms with van der Waals surface area (Å²) in [7, 11) is 0. The van der Waals surface area contributed by atoms with Gasteiger partial charge in [-0.2, -0.15) is 4.68 Å². The standard InChI is InChI=1S/C14H17BrN4O2/c15-9-13-16-14(20)19(17-13)12-3-1-11(2-4-12)10-18-5-7-21-8-6-18/h1-4H,5-10H2,(H,16,17,20). The molecule has 1 aromatic carbocycles. The van der Waals surface area contributed by atoms with Crippen LogP contribution in [0.4, 0.5) is 0 Å². The molecule has 3 rings (SSSR count). The number of benzene rings is 1. The lowest BCUT2D eigenvalue weighted by Crippen LogP contribution is -2.35. The van der Waals surface area contributed by atoms with E-state index in [9.17, 15) is 4.79 Å². The molecule has 0 unspecified atom stereocenters. The fourth-order valence-corrected chi connectivity index (χ4v) is 2.61. The molecule has 0 spiro atoms. The summed E-state index contributed by atoms with van der Waals surface area (Å²) >= 11 is 3.28. The van der Waals surface area contributed by atoms with Gasteiger partial charge in [0.05, 0.1) is 24.2 Å². The molecule has 2 aromatic rings. The van der Waals surface area contributed by atoms with Crippen LogP contribution in [0.1, 0.15) is 11.4 Å². The number of hydrogen-bond acceptors (Lipinski definition) is 4. The molecule has 0 atom stereocenters. The third-order valence-electron chi connectivity index (χ3n) is 3.48. The van der Waals surface area contributed by atoms with E-state index in [2.05, 4.69) is 30.9 Å². The Labute approximate surface area is 130 Å². The molecule has 1 aromatic heterocycles. The minimum absolute atomic E-state index is 0.217. The molecule has 0 radical (unpaired) electrons. The molecule has 7 heteroatoms. The zero-order valence-electron chi connectivity index (χ0n) is 11.6. The monoisotopic (exact) mass is 352 g/mol. The highest BCUT2D eigenvalue weighted by Gasteiger charge is 2.11. The van der Waals surface area contributed by atoms with E-state index in [0.29, 0.717) is 11.2 Å². The van der Waals surface area contributed by atoms with E-state index >= 15 is 0 Å². The van der Waals surface area contributed by atoms with E-state index in [1.165, 1.54) is 10.2 Å². The van der Waals surface area contributed by atoms with Gasteiger partial charge >= 0.3 is 5.69 Å². The first-order valence-electron chi connectivity index (χ1n) is 6.90. The SMILES string of the molecule is O=c1[nH]c(CBr)nn1-c1ccc(CN2CCOCC2)cc1. The number of aromatic nitrogens is 3. The summed E-state index contributed by atoms with van der Waals surface area (Å²) in [4.78, 5) is 16.9. The van der Waals surface area contributed by atoms with Gasteiger partial charge in [-0.25, -0.2) is 4.79 Å². The fraction of sp³-hybridized carbons (Fsp3) is 0.429. The highest BCUT2D eigenvalue weighted by Crippen LogP contribution is 2.11. The molecule has 0 aliphatic carbocycles. The van der Waals surface area contributed by atoms with Crippen molar-refractivity contribution in [1.29, 1.82) is 0 Å². The molecule has 6 nitrogen and oxygen atoms in total. The molecule has 1 N–H and O–H groups in total. The Kier molecular flexibility index (Phi) is 4.52. The first-order valence-corrected chi connectivity index (χ1v) is 8.02. The Morgan fingerprint density at radius 3 is 2.57 bits per heavy atom. The zero-order chi connectivity index (χ0) is 14.7. The van der Waals surface area contributed by atoms with Crippen LogP contribution in [0.2, 0.25) is 0 Å². The molecule has 2 heterocycles. The average molecular weight is 353 g/mol. The Balaban J connectivity index is 1.73. The molecule has 1 aliphatic rings. The fourth-order valence-electron chi connectivity index (χ4n) is 2.36. The lowest BCUT2D eigenvalue weighted by Gasteiger charge is -2.26. The second-order valence-corrected chi connectivity index (χ2v) is 5.54. The number of nitrogens with one attached hydrogen (secondary N) is 1. The van der Waals surface area contributed by atoms with Crippen LogP contribution in [0.3, 0.4) is 0 Å². The van der Waals surface area contributed by atoms with E-state index in [0.717, 1.165) is 38.5 Å². The summed E-state index contributed by atoms with van der Waals surface area (Å²) in [5.41, 5.74) is 1.78. The maximum absolute atomic E-state index is 11.8. The van der Waals surface area contributed by atoms with Gasteiger partial charge in [-0.15, -0.1) is 5.10 Å². The molecular formula is C14H17BrN4O2. The van der Waals surface area contributed by atoms with Crippen LogP contribution in [0.5, 0.6) is 0 Å². The molecule has 0 saturated carbocycles. The van der Waals surface area contributed by atoms with Crippen molar-refractivity contribution in [1.82, 2.24) is 19.7 Å². The number of ether oxygens (including phenoxy) is 1. The summed E-state index contributed by atoms with van der Waals surface area (Å²) in [5.74, 6) is 0.623. The minimum Gasteiger partial charge on any atom is -0.379 e. The third-order valence-corrected chi connectivity index (χ3v) is 4.01. The van der Waals surface area contributed by atoms with Crippen molar-refractivity contribution in [2.45, 2.75) is 11.9 Å². The number of halogens is 1. The Hall–Kier alpha value is -1.44. The van der Waals surface area contributed by atoms with Gasteiger partial charge in [-0.3, -0.25) is 9.88 Å². The summed E-state index contributed by atoms with van der Waals surface area (Å²) < 4.78 is 6.73. The summed E-state index contributed by atoms with van der Waals surface area (Å²) in [6, 6.07) is 7.94. The smallest absolute Gasteiger partial charge is 0.348 e. The molecule has 21 heavy (non-hydrogen) atoms. The molecule has 0 amide bonds. The molecule has 1 aliphatic heterocycles. The molecule has 1 fully saturated rings. The molecule has 0 bridgehead atoms. The van der Waals surface area contributed by atoms with Gasteiger partial charge in [0.25, 0.3) is 0 Å². The quantitative estimate of drug-likeness (QED) is 0.842. The largest absolute Gasteiger partial charge is 0.379 e. The van der Waals surface area contributed by atoms with Crippen molar-refractivity contribution in [3.8, 4) is 5.69 Å². The predicted molar refractivity (Wildman–Crippen MR) is 82.9 cm³/mol. The number of rotatable bonds is 4. The van der Waals surface area contributed by atoms with Crippen molar-refractivity contribution in [2.24, 2.45) is 0 Å². The van der Waals surface area contributed by atoms with Gasteiger partial charge in [0.2, 0.25) is 0 Å². The van der Waals surface area contributed by atoms with E-state index in [-0.39, 0.29) is 5.69 Å². The van der Waals surface area contributed by atoms with Crippen molar-refractivity contribution in [3.05, 3.63) is 46.1 Å². The van der Waals surface area contributed by atoms with E-state index in [1.807, 2.05) is 24.3 Å². The van der Waals surface area contributed by atoms with Crippen LogP contribution in [0.15, 0.2) is 29.1 Å². The first-order chi connectivity index (χ1) is 10.3. The number of aromatic amines is 1.